The summed E-state index contributed by atoms with van der Waals surface area (Å²) in [6.07, 6.45) is 1.25. The first-order valence-corrected chi connectivity index (χ1v) is 7.92. The summed E-state index contributed by atoms with van der Waals surface area (Å²) < 4.78 is 0. The van der Waals surface area contributed by atoms with Crippen LogP contribution >= 0.6 is 0 Å². The van der Waals surface area contributed by atoms with Gasteiger partial charge in [-0.3, -0.25) is 9.69 Å². The Morgan fingerprint density at radius 3 is 2.43 bits per heavy atom. The molecule has 1 amide bonds. The Balaban J connectivity index is 1.73. The van der Waals surface area contributed by atoms with Crippen molar-refractivity contribution < 1.29 is 4.79 Å². The van der Waals surface area contributed by atoms with Crippen molar-refractivity contribution in [3.05, 3.63) is 35.9 Å². The number of nitrogens with zero attached hydrogens (tertiary/aromatic N) is 3. The molecule has 3 rings (SSSR count). The predicted octanol–water partition coefficient (Wildman–Crippen LogP) is 1.63. The molecule has 0 N–H and O–H groups in total. The highest BCUT2D eigenvalue weighted by Crippen LogP contribution is 2.29. The van der Waals surface area contributed by atoms with Gasteiger partial charge in [0, 0.05) is 38.6 Å². The van der Waals surface area contributed by atoms with Crippen LogP contribution in [0.5, 0.6) is 0 Å². The zero-order valence-corrected chi connectivity index (χ0v) is 13.0. The minimum Gasteiger partial charge on any atom is -0.322 e. The van der Waals surface area contributed by atoms with Gasteiger partial charge in [0.1, 0.15) is 0 Å². The Hall–Kier alpha value is -1.39. The van der Waals surface area contributed by atoms with Crippen molar-refractivity contribution in [2.75, 3.05) is 33.2 Å². The molecule has 0 spiro atoms. The lowest BCUT2D eigenvalue weighted by Crippen LogP contribution is -2.53. The summed E-state index contributed by atoms with van der Waals surface area (Å²) in [6, 6.07) is 10.3. The molecule has 0 bridgehead atoms. The van der Waals surface area contributed by atoms with Crippen LogP contribution in [0.25, 0.3) is 0 Å². The van der Waals surface area contributed by atoms with Crippen LogP contribution in [0.2, 0.25) is 0 Å². The van der Waals surface area contributed by atoms with Crippen molar-refractivity contribution in [2.24, 2.45) is 5.92 Å². The van der Waals surface area contributed by atoms with Gasteiger partial charge in [-0.05, 0) is 19.0 Å². The maximum Gasteiger partial charge on any atom is 0.227 e. The highest BCUT2D eigenvalue weighted by molar-refractivity contribution is 5.81. The van der Waals surface area contributed by atoms with Gasteiger partial charge in [-0.2, -0.15) is 0 Å². The molecule has 2 unspecified atom stereocenters. The van der Waals surface area contributed by atoms with Gasteiger partial charge in [0.05, 0.1) is 6.17 Å². The monoisotopic (exact) mass is 287 g/mol. The standard InChI is InChI=1S/C17H25N3O/c1-14-12-16(19-10-8-18(2)9-11-19)20(17(14)21)13-15-6-4-3-5-7-15/h3-7,14,16H,8-13H2,1-2H3. The Bertz CT molecular complexity index is 482. The third-order valence-electron chi connectivity index (χ3n) is 4.78. The van der Waals surface area contributed by atoms with Gasteiger partial charge >= 0.3 is 0 Å². The molecule has 2 heterocycles. The van der Waals surface area contributed by atoms with Gasteiger partial charge in [-0.25, -0.2) is 0 Å². The Kier molecular flexibility index (Phi) is 4.27. The number of hydrogen-bond acceptors (Lipinski definition) is 3. The minimum atomic E-state index is 0.151. The summed E-state index contributed by atoms with van der Waals surface area (Å²) in [7, 11) is 2.17. The van der Waals surface area contributed by atoms with Gasteiger partial charge in [0.15, 0.2) is 0 Å². The average Bonchev–Trinajstić information content (AvgIpc) is 2.78. The fraction of sp³-hybridized carbons (Fsp3) is 0.588. The Morgan fingerprint density at radius 2 is 1.76 bits per heavy atom. The van der Waals surface area contributed by atoms with Crippen LogP contribution in [0, 0.1) is 5.92 Å². The lowest BCUT2D eigenvalue weighted by molar-refractivity contribution is -0.134. The maximum absolute atomic E-state index is 12.5. The van der Waals surface area contributed by atoms with Crippen molar-refractivity contribution in [1.29, 1.82) is 0 Å². The van der Waals surface area contributed by atoms with E-state index in [1.807, 2.05) is 18.2 Å². The number of carbonyl (C=O) groups excluding carboxylic acids is 1. The molecule has 21 heavy (non-hydrogen) atoms. The topological polar surface area (TPSA) is 26.8 Å². The molecule has 0 radical (unpaired) electrons. The number of benzene rings is 1. The fourth-order valence-corrected chi connectivity index (χ4v) is 3.40. The molecule has 1 aromatic carbocycles. The molecule has 0 aliphatic carbocycles. The van der Waals surface area contributed by atoms with E-state index in [-0.39, 0.29) is 12.1 Å². The van der Waals surface area contributed by atoms with E-state index in [2.05, 4.69) is 40.8 Å². The number of amides is 1. The second-order valence-electron chi connectivity index (χ2n) is 6.41. The molecule has 2 fully saturated rings. The number of hydrogen-bond donors (Lipinski definition) is 0. The molecule has 2 atom stereocenters. The lowest BCUT2D eigenvalue weighted by Gasteiger charge is -2.40. The summed E-state index contributed by atoms with van der Waals surface area (Å²) in [5.41, 5.74) is 1.22. The highest BCUT2D eigenvalue weighted by Gasteiger charge is 2.40. The molecule has 4 nitrogen and oxygen atoms in total. The van der Waals surface area contributed by atoms with Crippen LogP contribution in [0.3, 0.4) is 0 Å². The van der Waals surface area contributed by atoms with Crippen molar-refractivity contribution in [3.63, 3.8) is 0 Å². The number of piperazine rings is 1. The Morgan fingerprint density at radius 1 is 1.10 bits per heavy atom. The SMILES string of the molecule is CC1CC(N2CCN(C)CC2)N(Cc2ccccc2)C1=O. The summed E-state index contributed by atoms with van der Waals surface area (Å²) in [5, 5.41) is 0. The first kappa shape index (κ1) is 14.5. The van der Waals surface area contributed by atoms with Crippen LogP contribution < -0.4 is 0 Å². The molecule has 1 aromatic rings. The van der Waals surface area contributed by atoms with Gasteiger partial charge in [0.2, 0.25) is 5.91 Å². The summed E-state index contributed by atoms with van der Waals surface area (Å²) >= 11 is 0. The number of likely N-dealkylation sites (tertiary alicyclic amines) is 1. The van der Waals surface area contributed by atoms with Gasteiger partial charge in [-0.15, -0.1) is 0 Å². The third kappa shape index (κ3) is 3.11. The zero-order chi connectivity index (χ0) is 14.8. The van der Waals surface area contributed by atoms with E-state index in [0.29, 0.717) is 5.91 Å². The molecule has 2 aliphatic heterocycles. The highest BCUT2D eigenvalue weighted by atomic mass is 16.2. The van der Waals surface area contributed by atoms with Gasteiger partial charge < -0.3 is 9.80 Å². The lowest BCUT2D eigenvalue weighted by atomic mass is 10.1. The Labute approximate surface area is 127 Å². The van der Waals surface area contributed by atoms with Crippen molar-refractivity contribution in [1.82, 2.24) is 14.7 Å². The van der Waals surface area contributed by atoms with Gasteiger partial charge in [0.25, 0.3) is 0 Å². The third-order valence-corrected chi connectivity index (χ3v) is 4.78. The van der Waals surface area contributed by atoms with Crippen molar-refractivity contribution in [2.45, 2.75) is 26.1 Å². The normalized spacial score (nSPS) is 28.3. The molecule has 0 aromatic heterocycles. The molecular formula is C17H25N3O. The van der Waals surface area contributed by atoms with E-state index in [9.17, 15) is 4.79 Å². The smallest absolute Gasteiger partial charge is 0.227 e. The largest absolute Gasteiger partial charge is 0.322 e. The summed E-state index contributed by atoms with van der Waals surface area (Å²) in [4.78, 5) is 19.5. The van der Waals surface area contributed by atoms with E-state index in [1.165, 1.54) is 5.56 Å². The second-order valence-corrected chi connectivity index (χ2v) is 6.41. The predicted molar refractivity (Wildman–Crippen MR) is 83.6 cm³/mol. The van der Waals surface area contributed by atoms with E-state index in [4.69, 9.17) is 0 Å². The minimum absolute atomic E-state index is 0.151. The first-order valence-electron chi connectivity index (χ1n) is 7.92. The first-order chi connectivity index (χ1) is 10.1. The number of rotatable bonds is 3. The van der Waals surface area contributed by atoms with Crippen LogP contribution in [0.15, 0.2) is 30.3 Å². The van der Waals surface area contributed by atoms with Crippen molar-refractivity contribution >= 4 is 5.91 Å². The van der Waals surface area contributed by atoms with Crippen LogP contribution in [-0.4, -0.2) is 60.0 Å². The van der Waals surface area contributed by atoms with E-state index >= 15 is 0 Å². The molecular weight excluding hydrogens is 262 g/mol. The van der Waals surface area contributed by atoms with E-state index in [0.717, 1.165) is 39.1 Å². The van der Waals surface area contributed by atoms with Crippen LogP contribution in [0.1, 0.15) is 18.9 Å². The van der Waals surface area contributed by atoms with E-state index in [1.54, 1.807) is 0 Å². The molecule has 4 heteroatoms. The van der Waals surface area contributed by atoms with E-state index < -0.39 is 0 Å². The summed E-state index contributed by atoms with van der Waals surface area (Å²) in [6.45, 7) is 7.12. The second kappa shape index (κ2) is 6.16. The van der Waals surface area contributed by atoms with Gasteiger partial charge in [-0.1, -0.05) is 37.3 Å². The molecule has 114 valence electrons. The number of likely N-dealkylation sites (N-methyl/N-ethyl adjacent to an activating group) is 1. The van der Waals surface area contributed by atoms with Crippen molar-refractivity contribution in [3.8, 4) is 0 Å². The fourth-order valence-electron chi connectivity index (χ4n) is 3.40. The van der Waals surface area contributed by atoms with Crippen LogP contribution in [-0.2, 0) is 11.3 Å². The molecule has 0 saturated carbocycles. The average molecular weight is 287 g/mol. The quantitative estimate of drug-likeness (QED) is 0.845. The molecule has 2 saturated heterocycles. The molecule has 2 aliphatic rings. The number of carbonyl (C=O) groups is 1. The maximum atomic E-state index is 12.5. The zero-order valence-electron chi connectivity index (χ0n) is 13.0. The summed E-state index contributed by atoms with van der Waals surface area (Å²) in [5.74, 6) is 0.459. The van der Waals surface area contributed by atoms with Crippen LogP contribution in [0.4, 0.5) is 0 Å².